The molecule has 4 rings (SSSR count). The molecule has 1 aromatic heterocycles. The molecular weight excluding hydrogens is 404 g/mol. The van der Waals surface area contributed by atoms with Gasteiger partial charge in [0.1, 0.15) is 0 Å². The Labute approximate surface area is 188 Å². The maximum absolute atomic E-state index is 10.2. The molecule has 2 heterocycles. The minimum Gasteiger partial charge on any atom is -0.395 e. The van der Waals surface area contributed by atoms with Crippen LogP contribution >= 0.6 is 11.8 Å². The standard InChI is InChI=1S/C25H28N4OS/c1-20-4-3-5-24(14-20)31-25(18-30)10-12-28(13-11-25)17-23-15-27-19-29(23)16-21-6-8-22(26-2)9-7-21/h3-9,14-15,19,30H,10-13,16-18H2,1H3. The van der Waals surface area contributed by atoms with E-state index in [9.17, 15) is 5.11 Å². The first-order valence-corrected chi connectivity index (χ1v) is 11.5. The number of thioether (sulfide) groups is 1. The fraction of sp³-hybridized carbons (Fsp3) is 0.360. The van der Waals surface area contributed by atoms with Crippen LogP contribution in [0.3, 0.4) is 0 Å². The molecule has 160 valence electrons. The summed E-state index contributed by atoms with van der Waals surface area (Å²) in [6, 6.07) is 16.3. The summed E-state index contributed by atoms with van der Waals surface area (Å²) in [6.45, 7) is 12.9. The molecule has 1 aliphatic heterocycles. The Morgan fingerprint density at radius 1 is 1.13 bits per heavy atom. The number of aliphatic hydroxyl groups is 1. The third-order valence-corrected chi connectivity index (χ3v) is 7.44. The molecule has 1 aliphatic rings. The molecule has 1 saturated heterocycles. The summed E-state index contributed by atoms with van der Waals surface area (Å²) in [5.41, 5.74) is 4.28. The van der Waals surface area contributed by atoms with Crippen molar-refractivity contribution < 1.29 is 5.11 Å². The van der Waals surface area contributed by atoms with Crippen molar-refractivity contribution in [2.75, 3.05) is 19.7 Å². The molecule has 0 spiro atoms. The van der Waals surface area contributed by atoms with Crippen LogP contribution in [0.1, 0.15) is 29.7 Å². The van der Waals surface area contributed by atoms with Crippen LogP contribution in [0.15, 0.2) is 66.0 Å². The van der Waals surface area contributed by atoms with E-state index >= 15 is 0 Å². The number of piperidine rings is 1. The highest BCUT2D eigenvalue weighted by Gasteiger charge is 2.35. The Hall–Kier alpha value is -2.59. The largest absolute Gasteiger partial charge is 0.395 e. The van der Waals surface area contributed by atoms with E-state index in [2.05, 4.69) is 50.5 Å². The lowest BCUT2D eigenvalue weighted by molar-refractivity contribution is 0.145. The van der Waals surface area contributed by atoms with Gasteiger partial charge in [0, 0.05) is 28.9 Å². The molecule has 0 amide bonds. The van der Waals surface area contributed by atoms with Crippen LogP contribution in [0.5, 0.6) is 0 Å². The van der Waals surface area contributed by atoms with Crippen LogP contribution in [-0.4, -0.2) is 44.0 Å². The van der Waals surface area contributed by atoms with E-state index in [0.717, 1.165) is 39.0 Å². The molecule has 31 heavy (non-hydrogen) atoms. The van der Waals surface area contributed by atoms with Gasteiger partial charge < -0.3 is 9.67 Å². The SMILES string of the molecule is [C-]#[N+]c1ccc(Cn2cncc2CN2CCC(CO)(Sc3cccc(C)c3)CC2)cc1. The number of benzene rings is 2. The average molecular weight is 433 g/mol. The lowest BCUT2D eigenvalue weighted by atomic mass is 9.96. The van der Waals surface area contributed by atoms with Crippen LogP contribution in [0, 0.1) is 13.5 Å². The monoisotopic (exact) mass is 432 g/mol. The van der Waals surface area contributed by atoms with Crippen molar-refractivity contribution in [2.45, 2.75) is 42.5 Å². The lowest BCUT2D eigenvalue weighted by Gasteiger charge is -2.40. The predicted molar refractivity (Wildman–Crippen MR) is 125 cm³/mol. The minimum absolute atomic E-state index is 0.102. The average Bonchev–Trinajstić information content (AvgIpc) is 3.22. The third kappa shape index (κ3) is 5.37. The molecule has 1 N–H and O–H groups in total. The highest BCUT2D eigenvalue weighted by Crippen LogP contribution is 2.41. The maximum Gasteiger partial charge on any atom is 0.187 e. The Morgan fingerprint density at radius 2 is 1.90 bits per heavy atom. The fourth-order valence-corrected chi connectivity index (χ4v) is 5.41. The van der Waals surface area contributed by atoms with E-state index in [-0.39, 0.29) is 11.4 Å². The second-order valence-electron chi connectivity index (χ2n) is 8.33. The highest BCUT2D eigenvalue weighted by atomic mass is 32.2. The van der Waals surface area contributed by atoms with Gasteiger partial charge in [-0.2, -0.15) is 0 Å². The van der Waals surface area contributed by atoms with Crippen molar-refractivity contribution in [3.8, 4) is 0 Å². The molecule has 0 unspecified atom stereocenters. The molecule has 0 atom stereocenters. The molecule has 0 radical (unpaired) electrons. The third-order valence-electron chi connectivity index (χ3n) is 5.98. The first-order valence-electron chi connectivity index (χ1n) is 10.6. The van der Waals surface area contributed by atoms with Gasteiger partial charge in [-0.15, -0.1) is 11.8 Å². The van der Waals surface area contributed by atoms with Crippen LogP contribution in [0.4, 0.5) is 5.69 Å². The predicted octanol–water partition coefficient (Wildman–Crippen LogP) is 4.91. The molecule has 0 bridgehead atoms. The van der Waals surface area contributed by atoms with Gasteiger partial charge in [-0.3, -0.25) is 4.90 Å². The number of hydrogen-bond acceptors (Lipinski definition) is 4. The van der Waals surface area contributed by atoms with Gasteiger partial charge in [0.05, 0.1) is 25.2 Å². The quantitative estimate of drug-likeness (QED) is 0.539. The molecule has 2 aromatic carbocycles. The van der Waals surface area contributed by atoms with Crippen LogP contribution in [0.2, 0.25) is 0 Å². The summed E-state index contributed by atoms with van der Waals surface area (Å²) < 4.78 is 2.08. The van der Waals surface area contributed by atoms with E-state index in [1.165, 1.54) is 21.7 Å². The van der Waals surface area contributed by atoms with Gasteiger partial charge in [-0.25, -0.2) is 9.83 Å². The molecule has 0 aliphatic carbocycles. The normalized spacial score (nSPS) is 16.2. The molecule has 3 aromatic rings. The fourth-order valence-electron chi connectivity index (χ4n) is 4.06. The van der Waals surface area contributed by atoms with Gasteiger partial charge in [0.25, 0.3) is 0 Å². The van der Waals surface area contributed by atoms with E-state index < -0.39 is 0 Å². The molecule has 5 nitrogen and oxygen atoms in total. The van der Waals surface area contributed by atoms with Crippen molar-refractivity contribution in [1.82, 2.24) is 14.5 Å². The van der Waals surface area contributed by atoms with Gasteiger partial charge in [-0.05, 0) is 50.6 Å². The van der Waals surface area contributed by atoms with Crippen LogP contribution < -0.4 is 0 Å². The van der Waals surface area contributed by atoms with E-state index in [1.807, 2.05) is 48.6 Å². The number of nitrogens with zero attached hydrogens (tertiary/aromatic N) is 4. The zero-order valence-electron chi connectivity index (χ0n) is 17.9. The summed E-state index contributed by atoms with van der Waals surface area (Å²) in [4.78, 5) is 11.5. The smallest absolute Gasteiger partial charge is 0.187 e. The number of hydrogen-bond donors (Lipinski definition) is 1. The van der Waals surface area contributed by atoms with Crippen molar-refractivity contribution in [3.05, 3.63) is 89.3 Å². The molecule has 1 fully saturated rings. The maximum atomic E-state index is 10.2. The van der Waals surface area contributed by atoms with E-state index in [0.29, 0.717) is 5.69 Å². The number of aliphatic hydroxyl groups excluding tert-OH is 1. The van der Waals surface area contributed by atoms with Crippen LogP contribution in [0.25, 0.3) is 4.85 Å². The van der Waals surface area contributed by atoms with Crippen molar-refractivity contribution in [2.24, 2.45) is 0 Å². The van der Waals surface area contributed by atoms with Crippen molar-refractivity contribution in [3.63, 3.8) is 0 Å². The van der Waals surface area contributed by atoms with Crippen LogP contribution in [-0.2, 0) is 13.1 Å². The number of aryl methyl sites for hydroxylation is 1. The lowest BCUT2D eigenvalue weighted by Crippen LogP contribution is -2.44. The molecular formula is C25H28N4OS. The van der Waals surface area contributed by atoms with Crippen molar-refractivity contribution >= 4 is 17.4 Å². The second kappa shape index (κ2) is 9.69. The second-order valence-corrected chi connectivity index (χ2v) is 9.87. The number of likely N-dealkylation sites (tertiary alicyclic amines) is 1. The van der Waals surface area contributed by atoms with Gasteiger partial charge in [-0.1, -0.05) is 42.0 Å². The topological polar surface area (TPSA) is 45.7 Å². The number of aromatic nitrogens is 2. The van der Waals surface area contributed by atoms with Gasteiger partial charge >= 0.3 is 0 Å². The molecule has 6 heteroatoms. The first kappa shape index (κ1) is 21.6. The van der Waals surface area contributed by atoms with Gasteiger partial charge in [0.15, 0.2) is 5.69 Å². The number of imidazole rings is 1. The zero-order valence-corrected chi connectivity index (χ0v) is 18.7. The zero-order chi connectivity index (χ0) is 21.7. The minimum atomic E-state index is -0.102. The van der Waals surface area contributed by atoms with E-state index in [4.69, 9.17) is 6.57 Å². The van der Waals surface area contributed by atoms with E-state index in [1.54, 1.807) is 0 Å². The Morgan fingerprint density at radius 3 is 2.58 bits per heavy atom. The Kier molecular flexibility index (Phi) is 6.77. The van der Waals surface area contributed by atoms with Gasteiger partial charge in [0.2, 0.25) is 0 Å². The highest BCUT2D eigenvalue weighted by molar-refractivity contribution is 8.00. The summed E-state index contributed by atoms with van der Waals surface area (Å²) in [5.74, 6) is 0. The summed E-state index contributed by atoms with van der Waals surface area (Å²) >= 11 is 1.83. The summed E-state index contributed by atoms with van der Waals surface area (Å²) in [6.07, 6.45) is 5.76. The number of rotatable bonds is 7. The first-order chi connectivity index (χ1) is 15.1. The summed E-state index contributed by atoms with van der Waals surface area (Å²) in [7, 11) is 0. The Balaban J connectivity index is 1.36. The van der Waals surface area contributed by atoms with Crippen molar-refractivity contribution in [1.29, 1.82) is 0 Å². The Bertz CT molecular complexity index is 1050. The molecule has 0 saturated carbocycles. The summed E-state index contributed by atoms with van der Waals surface area (Å²) in [5, 5.41) is 10.2.